The number of anilines is 1. The Hall–Kier alpha value is -2.61. The zero-order valence-electron chi connectivity index (χ0n) is 14.8. The summed E-state index contributed by atoms with van der Waals surface area (Å²) in [4.78, 5) is 30.1. The van der Waals surface area contributed by atoms with E-state index < -0.39 is 0 Å². The first-order chi connectivity index (χ1) is 13.2. The van der Waals surface area contributed by atoms with Gasteiger partial charge >= 0.3 is 0 Å². The molecule has 0 unspecified atom stereocenters. The van der Waals surface area contributed by atoms with Crippen LogP contribution >= 0.6 is 11.3 Å². The van der Waals surface area contributed by atoms with E-state index in [1.165, 1.54) is 11.3 Å². The van der Waals surface area contributed by atoms with Gasteiger partial charge in [-0.15, -0.1) is 10.2 Å². The van der Waals surface area contributed by atoms with E-state index in [-0.39, 0.29) is 11.5 Å². The number of hydrogen-bond donors (Lipinski definition) is 1. The zero-order chi connectivity index (χ0) is 18.4. The number of aromatic nitrogens is 4. The first-order valence-electron chi connectivity index (χ1n) is 9.37. The molecule has 5 rings (SSSR count). The van der Waals surface area contributed by atoms with Gasteiger partial charge in [-0.05, 0) is 43.9 Å². The van der Waals surface area contributed by atoms with Crippen LogP contribution in [0.15, 0.2) is 23.0 Å². The molecular formula is C19H19N5O2S. The molecule has 1 aliphatic carbocycles. The molecule has 1 amide bonds. The van der Waals surface area contributed by atoms with Gasteiger partial charge in [0.1, 0.15) is 10.8 Å². The van der Waals surface area contributed by atoms with Crippen LogP contribution in [-0.4, -0.2) is 25.7 Å². The Morgan fingerprint density at radius 3 is 2.93 bits per heavy atom. The highest BCUT2D eigenvalue weighted by Crippen LogP contribution is 2.42. The Balaban J connectivity index is 1.46. The van der Waals surface area contributed by atoms with Crippen LogP contribution in [0, 0.1) is 0 Å². The number of amides is 1. The molecule has 0 spiro atoms. The standard InChI is InChI=1S/C19H19N5O2S/c25-16(21-19-23-22-17(27-19)11-5-6-11)12-7-8-13-14(10-12)20-15-4-2-1-3-9-24(15)18(13)26/h7-8,10-11H,1-6,9H2,(H,21,23,25). The maximum absolute atomic E-state index is 12.8. The van der Waals surface area contributed by atoms with Crippen molar-refractivity contribution in [1.29, 1.82) is 0 Å². The summed E-state index contributed by atoms with van der Waals surface area (Å²) in [6.45, 7) is 0.722. The molecule has 3 heterocycles. The molecule has 2 aliphatic rings. The summed E-state index contributed by atoms with van der Waals surface area (Å²) in [5, 5.41) is 13.1. The lowest BCUT2D eigenvalue weighted by atomic mass is 10.1. The van der Waals surface area contributed by atoms with Crippen molar-refractivity contribution in [1.82, 2.24) is 19.7 Å². The Labute approximate surface area is 159 Å². The fourth-order valence-electron chi connectivity index (χ4n) is 3.51. The molecule has 1 aliphatic heterocycles. The Morgan fingerprint density at radius 2 is 2.07 bits per heavy atom. The molecule has 1 N–H and O–H groups in total. The molecule has 1 aromatic carbocycles. The van der Waals surface area contributed by atoms with Crippen LogP contribution < -0.4 is 10.9 Å². The number of hydrogen-bond acceptors (Lipinski definition) is 6. The summed E-state index contributed by atoms with van der Waals surface area (Å²) < 4.78 is 1.79. The van der Waals surface area contributed by atoms with Crippen LogP contribution in [0.5, 0.6) is 0 Å². The highest BCUT2D eigenvalue weighted by molar-refractivity contribution is 7.15. The van der Waals surface area contributed by atoms with Crippen LogP contribution in [-0.2, 0) is 13.0 Å². The number of fused-ring (bicyclic) bond motifs is 2. The zero-order valence-corrected chi connectivity index (χ0v) is 15.6. The quantitative estimate of drug-likeness (QED) is 0.753. The van der Waals surface area contributed by atoms with Crippen molar-refractivity contribution in [2.45, 2.75) is 51.0 Å². The molecule has 7 nitrogen and oxygen atoms in total. The fourth-order valence-corrected chi connectivity index (χ4v) is 4.42. The third kappa shape index (κ3) is 3.14. The van der Waals surface area contributed by atoms with Gasteiger partial charge in [0, 0.05) is 24.4 Å². The average Bonchev–Trinajstić information content (AvgIpc) is 3.46. The van der Waals surface area contributed by atoms with Crippen molar-refractivity contribution in [3.63, 3.8) is 0 Å². The van der Waals surface area contributed by atoms with E-state index in [2.05, 4.69) is 20.5 Å². The summed E-state index contributed by atoms with van der Waals surface area (Å²) >= 11 is 1.43. The predicted octanol–water partition coefficient (Wildman–Crippen LogP) is 3.10. The monoisotopic (exact) mass is 381 g/mol. The minimum atomic E-state index is -0.257. The van der Waals surface area contributed by atoms with Gasteiger partial charge in [-0.3, -0.25) is 19.5 Å². The number of rotatable bonds is 3. The SMILES string of the molecule is O=C(Nc1nnc(C2CC2)s1)c1ccc2c(=O)n3c(nc2c1)CCCCC3. The molecule has 27 heavy (non-hydrogen) atoms. The van der Waals surface area contributed by atoms with Gasteiger partial charge in [0.2, 0.25) is 5.13 Å². The summed E-state index contributed by atoms with van der Waals surface area (Å²) in [5.41, 5.74) is 1.04. The van der Waals surface area contributed by atoms with Crippen LogP contribution in [0.4, 0.5) is 5.13 Å². The van der Waals surface area contributed by atoms with Crippen LogP contribution in [0.25, 0.3) is 10.9 Å². The predicted molar refractivity (Wildman–Crippen MR) is 103 cm³/mol. The van der Waals surface area contributed by atoms with E-state index in [4.69, 9.17) is 0 Å². The third-order valence-corrected chi connectivity index (χ3v) is 6.17. The smallest absolute Gasteiger partial charge is 0.261 e. The van der Waals surface area contributed by atoms with Crippen molar-refractivity contribution in [3.05, 3.63) is 44.9 Å². The largest absolute Gasteiger partial charge is 0.296 e. The number of aryl methyl sites for hydroxylation is 1. The third-order valence-electron chi connectivity index (χ3n) is 5.17. The Kier molecular flexibility index (Phi) is 4.00. The van der Waals surface area contributed by atoms with Gasteiger partial charge in [0.25, 0.3) is 11.5 Å². The number of benzene rings is 1. The van der Waals surface area contributed by atoms with Crippen LogP contribution in [0.3, 0.4) is 0 Å². The second-order valence-electron chi connectivity index (χ2n) is 7.20. The summed E-state index contributed by atoms with van der Waals surface area (Å²) in [7, 11) is 0. The lowest BCUT2D eigenvalue weighted by molar-refractivity contribution is 0.102. The van der Waals surface area contributed by atoms with Crippen LogP contribution in [0.2, 0.25) is 0 Å². The highest BCUT2D eigenvalue weighted by atomic mass is 32.1. The number of carbonyl (C=O) groups is 1. The Bertz CT molecular complexity index is 1100. The number of nitrogens with one attached hydrogen (secondary N) is 1. The van der Waals surface area contributed by atoms with Gasteiger partial charge in [0.15, 0.2) is 0 Å². The van der Waals surface area contributed by atoms with Gasteiger partial charge in [0.05, 0.1) is 10.9 Å². The minimum absolute atomic E-state index is 0.0120. The molecule has 1 saturated carbocycles. The molecule has 0 radical (unpaired) electrons. The number of carbonyl (C=O) groups excluding carboxylic acids is 1. The van der Waals surface area contributed by atoms with E-state index in [0.29, 0.717) is 27.5 Å². The summed E-state index contributed by atoms with van der Waals surface area (Å²) in [6, 6.07) is 5.07. The lowest BCUT2D eigenvalue weighted by Crippen LogP contribution is -2.24. The fraction of sp³-hybridized carbons (Fsp3) is 0.421. The van der Waals surface area contributed by atoms with E-state index in [0.717, 1.165) is 55.9 Å². The summed E-state index contributed by atoms with van der Waals surface area (Å²) in [6.07, 6.45) is 6.26. The second kappa shape index (κ2) is 6.53. The first-order valence-corrected chi connectivity index (χ1v) is 10.2. The van der Waals surface area contributed by atoms with Gasteiger partial charge < -0.3 is 0 Å². The molecular weight excluding hydrogens is 362 g/mol. The van der Waals surface area contributed by atoms with Crippen LogP contribution in [0.1, 0.15) is 59.2 Å². The van der Waals surface area contributed by atoms with Crippen molar-refractivity contribution >= 4 is 33.3 Å². The maximum atomic E-state index is 12.8. The van der Waals surface area contributed by atoms with Gasteiger partial charge in [-0.2, -0.15) is 0 Å². The summed E-state index contributed by atoms with van der Waals surface area (Å²) in [5.74, 6) is 1.08. The van der Waals surface area contributed by atoms with Crippen molar-refractivity contribution in [2.75, 3.05) is 5.32 Å². The van der Waals surface area contributed by atoms with Crippen molar-refractivity contribution < 1.29 is 4.79 Å². The highest BCUT2D eigenvalue weighted by Gasteiger charge is 2.27. The van der Waals surface area contributed by atoms with Gasteiger partial charge in [-0.1, -0.05) is 17.8 Å². The normalized spacial score (nSPS) is 16.7. The number of nitrogens with zero attached hydrogens (tertiary/aromatic N) is 4. The first kappa shape index (κ1) is 16.6. The molecule has 138 valence electrons. The van der Waals surface area contributed by atoms with Crippen molar-refractivity contribution in [2.24, 2.45) is 0 Å². The minimum Gasteiger partial charge on any atom is -0.296 e. The van der Waals surface area contributed by atoms with Gasteiger partial charge in [-0.25, -0.2) is 4.98 Å². The van der Waals surface area contributed by atoms with Crippen molar-refractivity contribution in [3.8, 4) is 0 Å². The molecule has 8 heteroatoms. The lowest BCUT2D eigenvalue weighted by Gasteiger charge is -2.10. The van der Waals surface area contributed by atoms with E-state index in [1.807, 2.05) is 0 Å². The van der Waals surface area contributed by atoms with E-state index in [9.17, 15) is 9.59 Å². The molecule has 3 aromatic rings. The second-order valence-corrected chi connectivity index (χ2v) is 8.21. The molecule has 1 fully saturated rings. The van der Waals surface area contributed by atoms with E-state index in [1.54, 1.807) is 22.8 Å². The average molecular weight is 381 g/mol. The maximum Gasteiger partial charge on any atom is 0.261 e. The topological polar surface area (TPSA) is 89.8 Å². The Morgan fingerprint density at radius 1 is 1.19 bits per heavy atom. The molecule has 2 aromatic heterocycles. The van der Waals surface area contributed by atoms with E-state index >= 15 is 0 Å². The molecule has 0 saturated heterocycles. The molecule has 0 atom stereocenters. The molecule has 0 bridgehead atoms.